The molecule has 1 aromatic carbocycles. The molecule has 12 atom stereocenters. The van der Waals surface area contributed by atoms with Crippen molar-refractivity contribution in [3.05, 3.63) is 29.8 Å². The fourth-order valence-corrected chi connectivity index (χ4v) is 6.94. The lowest BCUT2D eigenvalue weighted by atomic mass is 9.99. The molecule has 0 fully saturated rings. The average Bonchev–Trinajstić information content (AvgIpc) is 3.37. The maximum absolute atomic E-state index is 13.8. The van der Waals surface area contributed by atoms with Crippen molar-refractivity contribution >= 4 is 76.9 Å². The van der Waals surface area contributed by atoms with Crippen LogP contribution in [0.25, 0.3) is 0 Å². The Morgan fingerprint density at radius 1 is 0.487 bits per heavy atom. The molecule has 0 bridgehead atoms. The molecule has 0 saturated heterocycles. The molecular formula is C47H74N12O21. The molecule has 0 radical (unpaired) electrons. The van der Waals surface area contributed by atoms with Crippen LogP contribution in [0.4, 0.5) is 0 Å². The number of nitrogens with one attached hydrogen (secondary N) is 10. The number of carbonyl (C=O) groups is 13. The van der Waals surface area contributed by atoms with Crippen molar-refractivity contribution in [3.63, 3.8) is 0 Å². The van der Waals surface area contributed by atoms with Gasteiger partial charge in [-0.1, -0.05) is 39.8 Å². The number of benzene rings is 1. The summed E-state index contributed by atoms with van der Waals surface area (Å²) in [6, 6.07) is -11.9. The Balaban J connectivity index is 3.16. The second-order valence-electron chi connectivity index (χ2n) is 19.0. The number of carbonyl (C=O) groups excluding carboxylic acids is 11. The Bertz CT molecular complexity index is 2350. The van der Waals surface area contributed by atoms with Crippen molar-refractivity contribution in [3.8, 4) is 5.75 Å². The number of phenols is 1. The van der Waals surface area contributed by atoms with Crippen LogP contribution >= 0.6 is 0 Å². The van der Waals surface area contributed by atoms with Gasteiger partial charge in [-0.2, -0.15) is 0 Å². The van der Waals surface area contributed by atoms with Crippen LogP contribution in [0.3, 0.4) is 0 Å². The van der Waals surface area contributed by atoms with Crippen molar-refractivity contribution in [2.24, 2.45) is 23.3 Å². The molecule has 0 heterocycles. The van der Waals surface area contributed by atoms with E-state index in [4.69, 9.17) is 11.5 Å². The first-order chi connectivity index (χ1) is 37.3. The van der Waals surface area contributed by atoms with Gasteiger partial charge in [0.15, 0.2) is 0 Å². The molecule has 11 amide bonds. The summed E-state index contributed by atoms with van der Waals surface area (Å²) in [6.45, 7) is 3.74. The number of aliphatic carboxylic acids is 2. The van der Waals surface area contributed by atoms with E-state index in [-0.39, 0.29) is 25.0 Å². The molecule has 33 nitrogen and oxygen atoms in total. The number of aliphatic hydroxyl groups excluding tert-OH is 5. The molecule has 0 spiro atoms. The van der Waals surface area contributed by atoms with E-state index in [0.29, 0.717) is 5.56 Å². The van der Waals surface area contributed by atoms with Gasteiger partial charge in [-0.05, 0) is 49.8 Å². The van der Waals surface area contributed by atoms with Crippen molar-refractivity contribution < 1.29 is 103 Å². The molecule has 0 aromatic heterocycles. The second-order valence-corrected chi connectivity index (χ2v) is 19.0. The number of carboxylic acids is 2. The van der Waals surface area contributed by atoms with E-state index in [0.717, 1.165) is 13.8 Å². The zero-order chi connectivity index (χ0) is 61.3. The molecule has 0 aliphatic heterocycles. The van der Waals surface area contributed by atoms with Gasteiger partial charge in [-0.15, -0.1) is 0 Å². The number of aliphatic hydroxyl groups is 5. The summed E-state index contributed by atoms with van der Waals surface area (Å²) >= 11 is 0. The molecule has 22 N–H and O–H groups in total. The maximum Gasteiger partial charge on any atom is 0.326 e. The van der Waals surface area contributed by atoms with Gasteiger partial charge in [0.05, 0.1) is 51.0 Å². The molecule has 0 unspecified atom stereocenters. The summed E-state index contributed by atoms with van der Waals surface area (Å²) in [5, 5.41) is 101. The van der Waals surface area contributed by atoms with Crippen LogP contribution in [-0.2, 0) is 68.7 Å². The number of hydrogen-bond acceptors (Lipinski definition) is 20. The second kappa shape index (κ2) is 34.0. The van der Waals surface area contributed by atoms with E-state index in [9.17, 15) is 103 Å². The highest BCUT2D eigenvalue weighted by Crippen LogP contribution is 2.14. The van der Waals surface area contributed by atoms with Gasteiger partial charge in [0.2, 0.25) is 65.0 Å². The normalized spacial score (nSPS) is 15.6. The van der Waals surface area contributed by atoms with E-state index in [1.807, 2.05) is 26.6 Å². The van der Waals surface area contributed by atoms with Gasteiger partial charge in [-0.25, -0.2) is 4.79 Å². The Hall–Kier alpha value is -8.11. The van der Waals surface area contributed by atoms with Crippen LogP contribution in [-0.4, -0.2) is 217 Å². The number of nitrogens with two attached hydrogens (primary N) is 2. The standard InChI is InChI=1S/C47H74N12O21/c1-19(2)34(44(76)58-35(20(3)4)47(79)80)57-41(73)26(13-23-7-9-24(65)10-8-23)51-45(77)36(21(5)63)56-32(67)15-50-39(71)28(16-60)54-42(74)29(17-61)55-40(72)27(14-33(68)69)52-46(78)37(22(6)64)59-43(75)30(18-62)53-38(70)25(48)11-12-31(49)66/h7-10,19-22,25-30,34-37,60-65H,11-18,48H2,1-6H3,(H2,49,66)(H,50,71)(H,51,77)(H,52,78)(H,53,70)(H,54,74)(H,55,72)(H,56,67)(H,57,73)(H,58,76)(H,59,75)(H,68,69)(H,79,80)/t21-,22-,25+,26+,27+,28+,29+,30+,34+,35+,36+,37+/m1/s1. The number of rotatable bonds is 35. The van der Waals surface area contributed by atoms with Crippen LogP contribution < -0.4 is 64.6 Å². The molecule has 0 saturated carbocycles. The van der Waals surface area contributed by atoms with Crippen LogP contribution in [0.15, 0.2) is 24.3 Å². The van der Waals surface area contributed by atoms with Crippen molar-refractivity contribution in [1.82, 2.24) is 53.2 Å². The van der Waals surface area contributed by atoms with E-state index < -0.39 is 194 Å². The Morgan fingerprint density at radius 3 is 1.32 bits per heavy atom. The third kappa shape index (κ3) is 23.9. The molecule has 1 aromatic rings. The predicted molar refractivity (Wildman–Crippen MR) is 273 cm³/mol. The van der Waals surface area contributed by atoms with E-state index >= 15 is 0 Å². The summed E-state index contributed by atoms with van der Waals surface area (Å²) in [5.74, 6) is -17.2. The maximum atomic E-state index is 13.8. The van der Waals surface area contributed by atoms with E-state index in [1.165, 1.54) is 24.3 Å². The first-order valence-electron chi connectivity index (χ1n) is 24.7. The van der Waals surface area contributed by atoms with E-state index in [2.05, 4.69) is 26.6 Å². The zero-order valence-electron chi connectivity index (χ0n) is 44.6. The summed E-state index contributed by atoms with van der Waals surface area (Å²) in [4.78, 5) is 167. The number of amides is 11. The zero-order valence-corrected chi connectivity index (χ0v) is 44.6. The van der Waals surface area contributed by atoms with Crippen molar-refractivity contribution in [1.29, 1.82) is 0 Å². The minimum atomic E-state index is -2.12. The fraction of sp³-hybridized carbons (Fsp3) is 0.596. The summed E-state index contributed by atoms with van der Waals surface area (Å²) in [5.41, 5.74) is 11.1. The van der Waals surface area contributed by atoms with Gasteiger partial charge in [-0.3, -0.25) is 57.5 Å². The first kappa shape index (κ1) is 69.9. The molecule has 448 valence electrons. The summed E-state index contributed by atoms with van der Waals surface area (Å²) in [7, 11) is 0. The fourth-order valence-electron chi connectivity index (χ4n) is 6.94. The lowest BCUT2D eigenvalue weighted by Crippen LogP contribution is -2.62. The molecule has 80 heavy (non-hydrogen) atoms. The first-order valence-corrected chi connectivity index (χ1v) is 24.7. The van der Waals surface area contributed by atoms with Gasteiger partial charge in [0.1, 0.15) is 60.1 Å². The van der Waals surface area contributed by atoms with E-state index in [1.54, 1.807) is 27.7 Å². The SMILES string of the molecule is CC(C)[C@H](NC(=O)[C@@H](NC(=O)[C@H](Cc1ccc(O)cc1)NC(=O)[C@@H](NC(=O)CNC(=O)[C@H](CO)NC(=O)[C@H](CO)NC(=O)[C@H](CC(=O)O)NC(=O)[C@@H](NC(=O)[C@H](CO)NC(=O)[C@@H](N)CCC(N)=O)[C@@H](C)O)[C@@H](C)O)C(C)C)C(=O)O. The van der Waals surface area contributed by atoms with Gasteiger partial charge < -0.3 is 105 Å². The average molecular weight is 1140 g/mol. The van der Waals surface area contributed by atoms with Crippen LogP contribution in [0.1, 0.15) is 66.4 Å². The Morgan fingerprint density at radius 2 is 0.875 bits per heavy atom. The number of phenolic OH excluding ortho intramolecular Hbond substituents is 1. The lowest BCUT2D eigenvalue weighted by molar-refractivity contribution is -0.144. The Labute approximate surface area is 457 Å². The number of aromatic hydroxyl groups is 1. The molecule has 1 rings (SSSR count). The molecule has 33 heteroatoms. The smallest absolute Gasteiger partial charge is 0.326 e. The molecule has 0 aliphatic rings. The minimum absolute atomic E-state index is 0.139. The summed E-state index contributed by atoms with van der Waals surface area (Å²) < 4.78 is 0. The highest BCUT2D eigenvalue weighted by atomic mass is 16.4. The largest absolute Gasteiger partial charge is 0.508 e. The topological polar surface area (TPSA) is 556 Å². The molecular weight excluding hydrogens is 1070 g/mol. The van der Waals surface area contributed by atoms with Crippen LogP contribution in [0, 0.1) is 11.8 Å². The monoisotopic (exact) mass is 1140 g/mol. The minimum Gasteiger partial charge on any atom is -0.508 e. The third-order valence-corrected chi connectivity index (χ3v) is 11.6. The number of carboxylic acid groups (broad SMARTS) is 2. The summed E-state index contributed by atoms with van der Waals surface area (Å²) in [6.07, 6.45) is -5.55. The number of hydrogen-bond donors (Lipinski definition) is 20. The predicted octanol–water partition coefficient (Wildman–Crippen LogP) is -9.38. The Kier molecular flexibility index (Phi) is 29.7. The van der Waals surface area contributed by atoms with Crippen molar-refractivity contribution in [2.45, 2.75) is 140 Å². The third-order valence-electron chi connectivity index (χ3n) is 11.6. The molecule has 0 aliphatic carbocycles. The highest BCUT2D eigenvalue weighted by Gasteiger charge is 2.37. The number of primary amides is 1. The van der Waals surface area contributed by atoms with Gasteiger partial charge >= 0.3 is 11.9 Å². The van der Waals surface area contributed by atoms with Crippen molar-refractivity contribution in [2.75, 3.05) is 26.4 Å². The van der Waals surface area contributed by atoms with Gasteiger partial charge in [0.25, 0.3) is 0 Å². The van der Waals surface area contributed by atoms with Gasteiger partial charge in [0, 0.05) is 12.8 Å². The van der Waals surface area contributed by atoms with Crippen LogP contribution in [0.2, 0.25) is 0 Å². The van der Waals surface area contributed by atoms with Crippen LogP contribution in [0.5, 0.6) is 5.75 Å². The quantitative estimate of drug-likeness (QED) is 0.0300. The highest BCUT2D eigenvalue weighted by molar-refractivity contribution is 5.99. The lowest BCUT2D eigenvalue weighted by Gasteiger charge is -2.28.